The molecule has 0 fully saturated rings. The van der Waals surface area contributed by atoms with Gasteiger partial charge in [-0.25, -0.2) is 4.79 Å². The van der Waals surface area contributed by atoms with Crippen LogP contribution in [0.4, 0.5) is 0 Å². The molecule has 2 rings (SSSR count). The zero-order valence-corrected chi connectivity index (χ0v) is 10.0. The van der Waals surface area contributed by atoms with Crippen molar-refractivity contribution in [2.45, 2.75) is 13.3 Å². The number of esters is 1. The number of hydrogen-bond acceptors (Lipinski definition) is 2. The van der Waals surface area contributed by atoms with E-state index in [1.807, 2.05) is 18.3 Å². The van der Waals surface area contributed by atoms with E-state index in [2.05, 4.69) is 29.3 Å². The second-order valence-corrected chi connectivity index (χ2v) is 4.08. The van der Waals surface area contributed by atoms with Crippen LogP contribution in [-0.4, -0.2) is 18.1 Å². The number of carbonyl (C=O) groups is 1. The molecule has 88 valence electrons. The Hall–Kier alpha value is -2.03. The fourth-order valence-electron chi connectivity index (χ4n) is 1.96. The lowest BCUT2D eigenvalue weighted by molar-refractivity contribution is -0.136. The van der Waals surface area contributed by atoms with Gasteiger partial charge in [-0.1, -0.05) is 24.8 Å². The maximum absolute atomic E-state index is 11.3. The lowest BCUT2D eigenvalue weighted by atomic mass is 10.0. The third-order valence-corrected chi connectivity index (χ3v) is 2.89. The molecule has 0 bridgehead atoms. The fraction of sp³-hybridized carbons (Fsp3) is 0.214. The van der Waals surface area contributed by atoms with Crippen molar-refractivity contribution in [1.82, 2.24) is 4.98 Å². The van der Waals surface area contributed by atoms with Gasteiger partial charge in [0.05, 0.1) is 7.11 Å². The first-order valence-electron chi connectivity index (χ1n) is 5.45. The van der Waals surface area contributed by atoms with Crippen molar-refractivity contribution in [2.24, 2.45) is 0 Å². The van der Waals surface area contributed by atoms with Gasteiger partial charge in [0.1, 0.15) is 0 Å². The summed E-state index contributed by atoms with van der Waals surface area (Å²) in [7, 11) is 1.37. The Morgan fingerprint density at radius 3 is 2.94 bits per heavy atom. The standard InChI is InChI=1S/C14H15NO2/c1-9-5-4-6-12-11(8-15-13(9)12)7-10(2)14(16)17-3/h4-6,8,15H,2,7H2,1,3H3. The number of hydrogen-bond donors (Lipinski definition) is 1. The monoisotopic (exact) mass is 229 g/mol. The van der Waals surface area contributed by atoms with Crippen LogP contribution in [0.2, 0.25) is 0 Å². The summed E-state index contributed by atoms with van der Waals surface area (Å²) in [5, 5.41) is 1.13. The molecule has 1 N–H and O–H groups in total. The van der Waals surface area contributed by atoms with Gasteiger partial charge in [0.2, 0.25) is 0 Å². The van der Waals surface area contributed by atoms with Crippen LogP contribution in [0.3, 0.4) is 0 Å². The summed E-state index contributed by atoms with van der Waals surface area (Å²) >= 11 is 0. The molecule has 17 heavy (non-hydrogen) atoms. The number of aromatic nitrogens is 1. The summed E-state index contributed by atoms with van der Waals surface area (Å²) in [5.41, 5.74) is 3.84. The summed E-state index contributed by atoms with van der Waals surface area (Å²) in [6, 6.07) is 6.10. The Kier molecular flexibility index (Phi) is 3.00. The SMILES string of the molecule is C=C(Cc1c[nH]c2c(C)cccc12)C(=O)OC. The smallest absolute Gasteiger partial charge is 0.333 e. The summed E-state index contributed by atoms with van der Waals surface area (Å²) in [6.45, 7) is 5.79. The molecule has 2 aromatic rings. The van der Waals surface area contributed by atoms with Crippen molar-refractivity contribution < 1.29 is 9.53 Å². The maximum atomic E-state index is 11.3. The minimum absolute atomic E-state index is 0.355. The topological polar surface area (TPSA) is 42.1 Å². The molecule has 0 spiro atoms. The van der Waals surface area contributed by atoms with Crippen molar-refractivity contribution >= 4 is 16.9 Å². The highest BCUT2D eigenvalue weighted by molar-refractivity contribution is 5.91. The van der Waals surface area contributed by atoms with Crippen LogP contribution in [0.25, 0.3) is 10.9 Å². The van der Waals surface area contributed by atoms with Gasteiger partial charge in [-0.15, -0.1) is 0 Å². The molecule has 0 radical (unpaired) electrons. The van der Waals surface area contributed by atoms with E-state index in [0.717, 1.165) is 16.5 Å². The highest BCUT2D eigenvalue weighted by Gasteiger charge is 2.11. The summed E-state index contributed by atoms with van der Waals surface area (Å²) < 4.78 is 4.65. The average molecular weight is 229 g/mol. The van der Waals surface area contributed by atoms with Crippen LogP contribution in [-0.2, 0) is 16.0 Å². The molecule has 1 aromatic heterocycles. The quantitative estimate of drug-likeness (QED) is 0.649. The predicted molar refractivity (Wildman–Crippen MR) is 67.9 cm³/mol. The van der Waals surface area contributed by atoms with Gasteiger partial charge in [0.25, 0.3) is 0 Å². The van der Waals surface area contributed by atoms with E-state index in [0.29, 0.717) is 12.0 Å². The number of ether oxygens (including phenoxy) is 1. The minimum atomic E-state index is -0.355. The van der Waals surface area contributed by atoms with E-state index in [-0.39, 0.29) is 5.97 Å². The molecular weight excluding hydrogens is 214 g/mol. The average Bonchev–Trinajstić information content (AvgIpc) is 2.73. The van der Waals surface area contributed by atoms with Crippen LogP contribution in [0.5, 0.6) is 0 Å². The van der Waals surface area contributed by atoms with E-state index in [4.69, 9.17) is 0 Å². The van der Waals surface area contributed by atoms with Crippen molar-refractivity contribution in [1.29, 1.82) is 0 Å². The molecule has 0 saturated heterocycles. The fourth-order valence-corrected chi connectivity index (χ4v) is 1.96. The molecule has 0 aliphatic carbocycles. The number of carbonyl (C=O) groups excluding carboxylic acids is 1. The third-order valence-electron chi connectivity index (χ3n) is 2.89. The lowest BCUT2D eigenvalue weighted by Gasteiger charge is -2.02. The van der Waals surface area contributed by atoms with Crippen LogP contribution >= 0.6 is 0 Å². The lowest BCUT2D eigenvalue weighted by Crippen LogP contribution is -2.05. The molecule has 1 aromatic carbocycles. The summed E-state index contributed by atoms with van der Waals surface area (Å²) in [6.07, 6.45) is 2.43. The largest absolute Gasteiger partial charge is 0.466 e. The van der Waals surface area contributed by atoms with Gasteiger partial charge in [-0.2, -0.15) is 0 Å². The maximum Gasteiger partial charge on any atom is 0.333 e. The molecule has 0 unspecified atom stereocenters. The number of para-hydroxylation sites is 1. The highest BCUT2D eigenvalue weighted by atomic mass is 16.5. The molecule has 0 atom stereocenters. The molecule has 0 aliphatic rings. The first-order valence-corrected chi connectivity index (χ1v) is 5.45. The summed E-state index contributed by atoms with van der Waals surface area (Å²) in [5.74, 6) is -0.355. The first-order chi connectivity index (χ1) is 8.13. The van der Waals surface area contributed by atoms with E-state index in [1.165, 1.54) is 12.7 Å². The number of rotatable bonds is 3. The number of benzene rings is 1. The molecule has 0 aliphatic heterocycles. The first kappa shape index (κ1) is 11.5. The van der Waals surface area contributed by atoms with Crippen molar-refractivity contribution in [3.05, 3.63) is 47.7 Å². The predicted octanol–water partition coefficient (Wildman–Crippen LogP) is 2.75. The van der Waals surface area contributed by atoms with Crippen LogP contribution in [0, 0.1) is 6.92 Å². The van der Waals surface area contributed by atoms with Gasteiger partial charge in [0.15, 0.2) is 0 Å². The van der Waals surface area contributed by atoms with Gasteiger partial charge in [0, 0.05) is 29.1 Å². The molecule has 3 nitrogen and oxygen atoms in total. The zero-order chi connectivity index (χ0) is 12.4. The van der Waals surface area contributed by atoms with Gasteiger partial charge < -0.3 is 9.72 Å². The summed E-state index contributed by atoms with van der Waals surface area (Å²) in [4.78, 5) is 14.5. The molecule has 3 heteroatoms. The van der Waals surface area contributed by atoms with Crippen molar-refractivity contribution in [3.8, 4) is 0 Å². The molecule has 0 saturated carbocycles. The Morgan fingerprint density at radius 1 is 1.47 bits per heavy atom. The van der Waals surface area contributed by atoms with Gasteiger partial charge in [-0.05, 0) is 18.1 Å². The van der Waals surface area contributed by atoms with Crippen LogP contribution in [0.15, 0.2) is 36.5 Å². The highest BCUT2D eigenvalue weighted by Crippen LogP contribution is 2.23. The van der Waals surface area contributed by atoms with E-state index in [9.17, 15) is 4.79 Å². The van der Waals surface area contributed by atoms with Gasteiger partial charge >= 0.3 is 5.97 Å². The van der Waals surface area contributed by atoms with Gasteiger partial charge in [-0.3, -0.25) is 0 Å². The second kappa shape index (κ2) is 4.45. The Morgan fingerprint density at radius 2 is 2.24 bits per heavy atom. The third kappa shape index (κ3) is 2.09. The molecule has 1 heterocycles. The Bertz CT molecular complexity index is 581. The Balaban J connectivity index is 2.34. The number of aryl methyl sites for hydroxylation is 1. The van der Waals surface area contributed by atoms with E-state index >= 15 is 0 Å². The minimum Gasteiger partial charge on any atom is -0.466 e. The number of nitrogens with one attached hydrogen (secondary N) is 1. The van der Waals surface area contributed by atoms with E-state index < -0.39 is 0 Å². The van der Waals surface area contributed by atoms with Crippen molar-refractivity contribution in [3.63, 3.8) is 0 Å². The van der Waals surface area contributed by atoms with Crippen LogP contribution < -0.4 is 0 Å². The number of H-pyrrole nitrogens is 1. The molecule has 0 amide bonds. The zero-order valence-electron chi connectivity index (χ0n) is 10.0. The van der Waals surface area contributed by atoms with Crippen LogP contribution in [0.1, 0.15) is 11.1 Å². The number of fused-ring (bicyclic) bond motifs is 1. The number of methoxy groups -OCH3 is 1. The second-order valence-electron chi connectivity index (χ2n) is 4.08. The normalized spacial score (nSPS) is 10.5. The van der Waals surface area contributed by atoms with E-state index in [1.54, 1.807) is 0 Å². The Labute approximate surface area is 100 Å². The molecular formula is C14H15NO2. The van der Waals surface area contributed by atoms with Crippen molar-refractivity contribution in [2.75, 3.05) is 7.11 Å². The number of aromatic amines is 1.